The highest BCUT2D eigenvalue weighted by molar-refractivity contribution is 5.73. The Balaban J connectivity index is 1.93. The van der Waals surface area contributed by atoms with Crippen LogP contribution in [-0.4, -0.2) is 80.4 Å². The van der Waals surface area contributed by atoms with E-state index in [-0.39, 0.29) is 6.61 Å². The van der Waals surface area contributed by atoms with Crippen molar-refractivity contribution in [1.29, 1.82) is 0 Å². The molecule has 0 radical (unpaired) electrons. The summed E-state index contributed by atoms with van der Waals surface area (Å²) in [6.07, 6.45) is 5.11. The highest BCUT2D eigenvalue weighted by Gasteiger charge is 2.51. The fourth-order valence-corrected chi connectivity index (χ4v) is 4.23. The lowest BCUT2D eigenvalue weighted by molar-refractivity contribution is -0.277. The Morgan fingerprint density at radius 2 is 1.39 bits per heavy atom. The fraction of sp³-hybridized carbons (Fsp3) is 0.840. The van der Waals surface area contributed by atoms with Crippen molar-refractivity contribution in [3.05, 3.63) is 0 Å². The van der Waals surface area contributed by atoms with Crippen LogP contribution in [0.25, 0.3) is 0 Å². The third-order valence-electron chi connectivity index (χ3n) is 5.93. The lowest BCUT2D eigenvalue weighted by atomic mass is 9.96. The molecule has 0 saturated carbocycles. The molecular weight excluding hydrogens is 474 g/mol. The van der Waals surface area contributed by atoms with E-state index in [0.29, 0.717) is 12.7 Å². The molecule has 2 heterocycles. The second-order valence-electron chi connectivity index (χ2n) is 9.31. The second kappa shape index (κ2) is 15.8. The van der Waals surface area contributed by atoms with Gasteiger partial charge in [-0.3, -0.25) is 19.2 Å². The van der Waals surface area contributed by atoms with Gasteiger partial charge in [-0.1, -0.05) is 38.5 Å². The van der Waals surface area contributed by atoms with E-state index in [1.54, 1.807) is 0 Å². The van der Waals surface area contributed by atoms with Gasteiger partial charge in [0.1, 0.15) is 18.8 Å². The molecule has 1 amide bonds. The van der Waals surface area contributed by atoms with E-state index in [0.717, 1.165) is 38.7 Å². The summed E-state index contributed by atoms with van der Waals surface area (Å²) < 4.78 is 33.1. The molecule has 0 aromatic heterocycles. The Labute approximate surface area is 212 Å². The van der Waals surface area contributed by atoms with Crippen molar-refractivity contribution < 1.29 is 47.6 Å². The first-order valence-electron chi connectivity index (χ1n) is 12.8. The summed E-state index contributed by atoms with van der Waals surface area (Å²) >= 11 is 0. The zero-order valence-corrected chi connectivity index (χ0v) is 21.8. The maximum Gasteiger partial charge on any atom is 0.303 e. The first kappa shape index (κ1) is 30.0. The summed E-state index contributed by atoms with van der Waals surface area (Å²) in [4.78, 5) is 47.0. The molecule has 6 atom stereocenters. The van der Waals surface area contributed by atoms with Crippen LogP contribution in [0.3, 0.4) is 0 Å². The van der Waals surface area contributed by atoms with Crippen LogP contribution in [-0.2, 0) is 47.6 Å². The van der Waals surface area contributed by atoms with Gasteiger partial charge < -0.3 is 33.7 Å². The zero-order valence-electron chi connectivity index (χ0n) is 21.8. The maximum absolute atomic E-state index is 11.9. The van der Waals surface area contributed by atoms with Crippen LogP contribution in [0.1, 0.15) is 79.1 Å². The highest BCUT2D eigenvalue weighted by atomic mass is 16.7. The van der Waals surface area contributed by atoms with E-state index >= 15 is 0 Å². The Morgan fingerprint density at radius 3 is 1.94 bits per heavy atom. The molecule has 1 N–H and O–H groups in total. The Hall–Kier alpha value is -2.24. The van der Waals surface area contributed by atoms with Crippen molar-refractivity contribution in [3.8, 4) is 0 Å². The molecule has 0 aliphatic carbocycles. The van der Waals surface area contributed by atoms with Crippen LogP contribution < -0.4 is 5.32 Å². The lowest BCUT2D eigenvalue weighted by Gasteiger charge is -2.44. The van der Waals surface area contributed by atoms with Crippen molar-refractivity contribution >= 4 is 23.8 Å². The summed E-state index contributed by atoms with van der Waals surface area (Å²) in [6, 6.07) is -0.931. The number of ether oxygens (including phenoxy) is 6. The third kappa shape index (κ3) is 11.7. The van der Waals surface area contributed by atoms with Gasteiger partial charge in [-0.25, -0.2) is 0 Å². The van der Waals surface area contributed by atoms with Gasteiger partial charge in [0.15, 0.2) is 18.5 Å². The van der Waals surface area contributed by atoms with E-state index in [2.05, 4.69) is 5.32 Å². The van der Waals surface area contributed by atoms with Gasteiger partial charge in [-0.2, -0.15) is 0 Å². The summed E-state index contributed by atoms with van der Waals surface area (Å²) in [5.41, 5.74) is 0. The van der Waals surface area contributed by atoms with Crippen molar-refractivity contribution in [2.24, 2.45) is 0 Å². The van der Waals surface area contributed by atoms with Crippen molar-refractivity contribution in [3.63, 3.8) is 0 Å². The lowest BCUT2D eigenvalue weighted by Crippen LogP contribution is -2.66. The molecule has 0 aromatic carbocycles. The number of epoxide rings is 1. The number of carbonyl (C=O) groups excluding carboxylic acids is 4. The normalized spacial score (nSPS) is 27.1. The molecule has 0 aromatic rings. The molecular formula is C25H41NO10. The van der Waals surface area contributed by atoms with E-state index in [9.17, 15) is 19.2 Å². The second-order valence-corrected chi connectivity index (χ2v) is 9.31. The standard InChI is InChI=1S/C25H41NO10/c1-16(27)26-22-24(35-19(4)30)23(34-18(3)29)21(15-32-17(2)28)36-25(22)31-13-11-9-7-5-6-8-10-12-20-14-33-20/h20-25H,5-15H2,1-4H3,(H,26,27)/t20-,21-,22-,23-,24-,25-/m1/s1. The SMILES string of the molecule is CC(=O)N[C@H]1[C@H](OCCCCCCCCC[C@@H]2CO2)O[C@H](COC(C)=O)[C@@H](OC(C)=O)[C@@H]1OC(C)=O. The van der Waals surface area contributed by atoms with Crippen LogP contribution in [0, 0.1) is 0 Å². The Morgan fingerprint density at radius 1 is 0.806 bits per heavy atom. The molecule has 2 fully saturated rings. The largest absolute Gasteiger partial charge is 0.463 e. The average molecular weight is 516 g/mol. The summed E-state index contributed by atoms with van der Waals surface area (Å²) in [5, 5.41) is 2.69. The number of amides is 1. The van der Waals surface area contributed by atoms with Crippen LogP contribution in [0.15, 0.2) is 0 Å². The molecule has 0 bridgehead atoms. The van der Waals surface area contributed by atoms with Crippen LogP contribution in [0.4, 0.5) is 0 Å². The van der Waals surface area contributed by atoms with Gasteiger partial charge in [-0.05, 0) is 12.8 Å². The molecule has 2 saturated heterocycles. The minimum Gasteiger partial charge on any atom is -0.463 e. The van der Waals surface area contributed by atoms with Crippen molar-refractivity contribution in [2.45, 2.75) is 116 Å². The molecule has 0 unspecified atom stereocenters. The minimum absolute atomic E-state index is 0.245. The molecule has 2 rings (SSSR count). The third-order valence-corrected chi connectivity index (χ3v) is 5.93. The van der Waals surface area contributed by atoms with Gasteiger partial charge in [0, 0.05) is 34.3 Å². The molecule has 2 aliphatic rings. The molecule has 0 spiro atoms. The minimum atomic E-state index is -1.12. The summed E-state index contributed by atoms with van der Waals surface area (Å²) in [6.45, 7) is 5.99. The fourth-order valence-electron chi connectivity index (χ4n) is 4.23. The monoisotopic (exact) mass is 515 g/mol. The van der Waals surface area contributed by atoms with Gasteiger partial charge in [0.05, 0.1) is 12.7 Å². The smallest absolute Gasteiger partial charge is 0.303 e. The van der Waals surface area contributed by atoms with E-state index in [4.69, 9.17) is 28.4 Å². The Bertz CT molecular complexity index is 726. The number of esters is 3. The zero-order chi connectivity index (χ0) is 26.5. The number of hydrogen-bond donors (Lipinski definition) is 1. The molecule has 2 aliphatic heterocycles. The number of rotatable bonds is 16. The number of nitrogens with one attached hydrogen (secondary N) is 1. The predicted molar refractivity (Wildman–Crippen MR) is 127 cm³/mol. The molecule has 36 heavy (non-hydrogen) atoms. The highest BCUT2D eigenvalue weighted by Crippen LogP contribution is 2.28. The topological polar surface area (TPSA) is 139 Å². The molecule has 11 nitrogen and oxygen atoms in total. The first-order valence-corrected chi connectivity index (χ1v) is 12.8. The van der Waals surface area contributed by atoms with E-state index < -0.39 is 54.5 Å². The van der Waals surface area contributed by atoms with Crippen molar-refractivity contribution in [1.82, 2.24) is 5.32 Å². The summed E-state index contributed by atoms with van der Waals surface area (Å²) in [5.74, 6) is -2.23. The average Bonchev–Trinajstić information content (AvgIpc) is 3.61. The van der Waals surface area contributed by atoms with E-state index in [1.165, 1.54) is 47.0 Å². The molecule has 206 valence electrons. The van der Waals surface area contributed by atoms with Crippen LogP contribution >= 0.6 is 0 Å². The van der Waals surface area contributed by atoms with Crippen molar-refractivity contribution in [2.75, 3.05) is 19.8 Å². The van der Waals surface area contributed by atoms with Crippen LogP contribution in [0.5, 0.6) is 0 Å². The number of unbranched alkanes of at least 4 members (excludes halogenated alkanes) is 6. The Kier molecular flexibility index (Phi) is 13.1. The molecule has 11 heteroatoms. The first-order chi connectivity index (χ1) is 17.2. The van der Waals surface area contributed by atoms with Crippen LogP contribution in [0.2, 0.25) is 0 Å². The predicted octanol–water partition coefficient (Wildman–Crippen LogP) is 2.18. The number of hydrogen-bond acceptors (Lipinski definition) is 10. The van der Waals surface area contributed by atoms with Gasteiger partial charge in [0.2, 0.25) is 5.91 Å². The van der Waals surface area contributed by atoms with Gasteiger partial charge >= 0.3 is 17.9 Å². The van der Waals surface area contributed by atoms with Gasteiger partial charge in [-0.15, -0.1) is 0 Å². The van der Waals surface area contributed by atoms with Gasteiger partial charge in [0.25, 0.3) is 0 Å². The maximum atomic E-state index is 11.9. The van der Waals surface area contributed by atoms with E-state index in [1.807, 2.05) is 0 Å². The number of carbonyl (C=O) groups is 4. The summed E-state index contributed by atoms with van der Waals surface area (Å²) in [7, 11) is 0. The quantitative estimate of drug-likeness (QED) is 0.141.